The third-order valence-electron chi connectivity index (χ3n) is 4.20. The van der Waals surface area contributed by atoms with Crippen molar-refractivity contribution in [1.29, 1.82) is 0 Å². The van der Waals surface area contributed by atoms with Crippen LogP contribution in [0.5, 0.6) is 0 Å². The average Bonchev–Trinajstić information content (AvgIpc) is 2.69. The van der Waals surface area contributed by atoms with Crippen LogP contribution >= 0.6 is 23.2 Å². The number of carbonyl (C=O) groups is 2. The summed E-state index contributed by atoms with van der Waals surface area (Å²) in [4.78, 5) is 24.5. The van der Waals surface area contributed by atoms with E-state index in [-0.39, 0.29) is 14.9 Å². The summed E-state index contributed by atoms with van der Waals surface area (Å²) >= 11 is 11.6. The van der Waals surface area contributed by atoms with E-state index in [1.807, 2.05) is 6.92 Å². The minimum Gasteiger partial charge on any atom is -0.451 e. The number of benzene rings is 2. The van der Waals surface area contributed by atoms with Crippen LogP contribution in [0.4, 0.5) is 5.69 Å². The van der Waals surface area contributed by atoms with E-state index in [0.717, 1.165) is 11.6 Å². The molecule has 0 fully saturated rings. The second-order valence-electron chi connectivity index (χ2n) is 6.85. The zero-order valence-corrected chi connectivity index (χ0v) is 19.3. The topological polar surface area (TPSA) is 122 Å². The van der Waals surface area contributed by atoms with Gasteiger partial charge in [-0.1, -0.05) is 40.9 Å². The van der Waals surface area contributed by atoms with Crippen LogP contribution in [0.2, 0.25) is 10.0 Å². The van der Waals surface area contributed by atoms with Gasteiger partial charge in [0.05, 0.1) is 21.0 Å². The monoisotopic (exact) mass is 488 g/mol. The van der Waals surface area contributed by atoms with Gasteiger partial charge in [0, 0.05) is 5.69 Å². The highest BCUT2D eigenvalue weighted by molar-refractivity contribution is 7.89. The first-order valence-corrected chi connectivity index (χ1v) is 11.4. The lowest BCUT2D eigenvalue weighted by molar-refractivity contribution is -0.157. The molecular weight excluding hydrogens is 467 g/mol. The highest BCUT2D eigenvalue weighted by atomic mass is 35.5. The molecule has 0 spiro atoms. The normalized spacial score (nSPS) is 14.4. The number of nitrogens with one attached hydrogen (secondary N) is 2. The smallest absolute Gasteiger partial charge is 0.327 e. The van der Waals surface area contributed by atoms with Gasteiger partial charge in [-0.05, 0) is 51.1 Å². The Morgan fingerprint density at radius 1 is 1.03 bits per heavy atom. The maximum atomic E-state index is 12.6. The fraction of sp³-hybridized carbons (Fsp3) is 0.300. The summed E-state index contributed by atoms with van der Waals surface area (Å²) < 4.78 is 32.3. The fourth-order valence-electron chi connectivity index (χ4n) is 2.40. The molecule has 0 saturated carbocycles. The van der Waals surface area contributed by atoms with Gasteiger partial charge < -0.3 is 15.2 Å². The van der Waals surface area contributed by atoms with Gasteiger partial charge in [0.15, 0.2) is 6.10 Å². The molecule has 2 aromatic rings. The molecule has 0 aliphatic heterocycles. The van der Waals surface area contributed by atoms with Gasteiger partial charge in [0.2, 0.25) is 10.0 Å². The molecular formula is C20H22Cl2N2O6S. The Kier molecular flexibility index (Phi) is 8.44. The van der Waals surface area contributed by atoms with Crippen molar-refractivity contribution in [3.8, 4) is 0 Å². The van der Waals surface area contributed by atoms with Crippen molar-refractivity contribution in [2.75, 3.05) is 5.32 Å². The number of sulfonamides is 1. The number of aryl methyl sites for hydroxylation is 1. The van der Waals surface area contributed by atoms with Gasteiger partial charge in [-0.15, -0.1) is 0 Å². The van der Waals surface area contributed by atoms with Crippen molar-refractivity contribution in [1.82, 2.24) is 4.72 Å². The van der Waals surface area contributed by atoms with Crippen molar-refractivity contribution < 1.29 is 27.9 Å². The van der Waals surface area contributed by atoms with E-state index in [1.54, 1.807) is 24.3 Å². The van der Waals surface area contributed by atoms with Crippen LogP contribution in [0, 0.1) is 6.92 Å². The molecule has 8 nitrogen and oxygen atoms in total. The Hall–Kier alpha value is -2.17. The third kappa shape index (κ3) is 6.91. The van der Waals surface area contributed by atoms with E-state index >= 15 is 0 Å². The molecule has 0 radical (unpaired) electrons. The predicted molar refractivity (Wildman–Crippen MR) is 118 cm³/mol. The number of hydrogen-bond donors (Lipinski definition) is 3. The van der Waals surface area contributed by atoms with Gasteiger partial charge in [0.1, 0.15) is 6.04 Å². The second-order valence-corrected chi connectivity index (χ2v) is 9.38. The van der Waals surface area contributed by atoms with Gasteiger partial charge in [0.25, 0.3) is 5.91 Å². The first-order chi connectivity index (χ1) is 14.4. The standard InChI is InChI=1S/C20H22Cl2N2O6S/c1-11-4-6-14(7-5-11)23-19(26)13(3)30-20(27)18(12(2)25)24-31(28,29)15-8-9-16(21)17(22)10-15/h4-10,12-13,18,24-25H,1-3H3,(H,23,26). The van der Waals surface area contributed by atoms with E-state index < -0.39 is 40.1 Å². The van der Waals surface area contributed by atoms with Crippen molar-refractivity contribution in [2.24, 2.45) is 0 Å². The summed E-state index contributed by atoms with van der Waals surface area (Å²) in [6.45, 7) is 4.43. The molecule has 0 aliphatic rings. The van der Waals surface area contributed by atoms with Crippen molar-refractivity contribution >= 4 is 50.8 Å². The van der Waals surface area contributed by atoms with Crippen LogP contribution < -0.4 is 10.0 Å². The summed E-state index contributed by atoms with van der Waals surface area (Å²) in [5.74, 6) is -1.74. The molecule has 3 unspecified atom stereocenters. The fourth-order valence-corrected chi connectivity index (χ4v) is 4.05. The van der Waals surface area contributed by atoms with E-state index in [1.165, 1.54) is 26.0 Å². The van der Waals surface area contributed by atoms with Crippen LogP contribution in [0.25, 0.3) is 0 Å². The Morgan fingerprint density at radius 2 is 1.65 bits per heavy atom. The highest BCUT2D eigenvalue weighted by Crippen LogP contribution is 2.25. The van der Waals surface area contributed by atoms with Crippen LogP contribution in [0.1, 0.15) is 19.4 Å². The molecule has 0 bridgehead atoms. The first kappa shape index (κ1) is 25.1. The van der Waals surface area contributed by atoms with Crippen LogP contribution in [-0.2, 0) is 24.3 Å². The number of aliphatic hydroxyl groups is 1. The first-order valence-electron chi connectivity index (χ1n) is 9.14. The van der Waals surface area contributed by atoms with Gasteiger partial charge in [-0.2, -0.15) is 4.72 Å². The molecule has 0 aromatic heterocycles. The Morgan fingerprint density at radius 3 is 2.19 bits per heavy atom. The van der Waals surface area contributed by atoms with E-state index in [4.69, 9.17) is 27.9 Å². The molecule has 3 atom stereocenters. The molecule has 3 N–H and O–H groups in total. The SMILES string of the molecule is Cc1ccc(NC(=O)C(C)OC(=O)C(NS(=O)(=O)c2ccc(Cl)c(Cl)c2)C(C)O)cc1. The number of hydrogen-bond acceptors (Lipinski definition) is 6. The van der Waals surface area contributed by atoms with Crippen LogP contribution in [0.3, 0.4) is 0 Å². The summed E-state index contributed by atoms with van der Waals surface area (Å²) in [5, 5.41) is 12.7. The van der Waals surface area contributed by atoms with Gasteiger partial charge >= 0.3 is 5.97 Å². The zero-order chi connectivity index (χ0) is 23.3. The maximum absolute atomic E-state index is 12.6. The van der Waals surface area contributed by atoms with Crippen LogP contribution in [-0.4, -0.2) is 43.7 Å². The Bertz CT molecular complexity index is 1060. The minimum atomic E-state index is -4.25. The van der Waals surface area contributed by atoms with Gasteiger partial charge in [-0.3, -0.25) is 9.59 Å². The molecule has 168 valence electrons. The minimum absolute atomic E-state index is 0.00196. The Labute approximate surface area is 190 Å². The lowest BCUT2D eigenvalue weighted by Gasteiger charge is -2.22. The molecule has 2 aromatic carbocycles. The number of esters is 1. The summed E-state index contributed by atoms with van der Waals surface area (Å²) in [7, 11) is -4.25. The third-order valence-corrected chi connectivity index (χ3v) is 6.38. The van der Waals surface area contributed by atoms with Crippen molar-refractivity contribution in [2.45, 2.75) is 43.9 Å². The maximum Gasteiger partial charge on any atom is 0.327 e. The summed E-state index contributed by atoms with van der Waals surface area (Å²) in [6.07, 6.45) is -2.69. The average molecular weight is 489 g/mol. The molecule has 11 heteroatoms. The predicted octanol–water partition coefficient (Wildman–Crippen LogP) is 2.90. The van der Waals surface area contributed by atoms with E-state index in [0.29, 0.717) is 5.69 Å². The number of aliphatic hydroxyl groups excluding tert-OH is 1. The lowest BCUT2D eigenvalue weighted by Crippen LogP contribution is -2.49. The summed E-state index contributed by atoms with van der Waals surface area (Å²) in [6, 6.07) is 8.89. The number of carbonyl (C=O) groups excluding carboxylic acids is 2. The lowest BCUT2D eigenvalue weighted by atomic mass is 10.2. The molecule has 1 amide bonds. The zero-order valence-electron chi connectivity index (χ0n) is 16.9. The van der Waals surface area contributed by atoms with Crippen molar-refractivity contribution in [3.05, 3.63) is 58.1 Å². The van der Waals surface area contributed by atoms with E-state index in [2.05, 4.69) is 10.0 Å². The quantitative estimate of drug-likeness (QED) is 0.491. The summed E-state index contributed by atoms with van der Waals surface area (Å²) in [5.41, 5.74) is 1.51. The van der Waals surface area contributed by atoms with E-state index in [9.17, 15) is 23.1 Å². The highest BCUT2D eigenvalue weighted by Gasteiger charge is 2.33. The Balaban J connectivity index is 2.09. The number of ether oxygens (including phenoxy) is 1. The second kappa shape index (κ2) is 10.4. The number of halogens is 2. The number of rotatable bonds is 8. The molecule has 2 rings (SSSR count). The number of anilines is 1. The molecule has 31 heavy (non-hydrogen) atoms. The van der Waals surface area contributed by atoms with Gasteiger partial charge in [-0.25, -0.2) is 8.42 Å². The van der Waals surface area contributed by atoms with Crippen molar-refractivity contribution in [3.63, 3.8) is 0 Å². The molecule has 0 aliphatic carbocycles. The number of amides is 1. The molecule has 0 saturated heterocycles. The van der Waals surface area contributed by atoms with Crippen LogP contribution in [0.15, 0.2) is 47.4 Å². The molecule has 0 heterocycles. The largest absolute Gasteiger partial charge is 0.451 e.